The van der Waals surface area contributed by atoms with Gasteiger partial charge < -0.3 is 24.8 Å². The van der Waals surface area contributed by atoms with E-state index in [1.807, 2.05) is 24.3 Å². The molecule has 1 fully saturated rings. The van der Waals surface area contributed by atoms with Crippen molar-refractivity contribution < 1.29 is 24.8 Å². The van der Waals surface area contributed by atoms with Crippen LogP contribution >= 0.6 is 0 Å². The lowest BCUT2D eigenvalue weighted by Gasteiger charge is -2.15. The molecule has 106 valence electrons. The lowest BCUT2D eigenvalue weighted by Crippen LogP contribution is -2.35. The largest absolute Gasteiger partial charge is 0.488 e. The molecule has 0 saturated carbocycles. The van der Waals surface area contributed by atoms with Gasteiger partial charge in [0.05, 0.1) is 0 Å². The zero-order chi connectivity index (χ0) is 14.1. The number of benzene rings is 1. The number of para-hydroxylation sites is 1. The van der Waals surface area contributed by atoms with Gasteiger partial charge in [-0.25, -0.2) is 0 Å². The maximum absolute atomic E-state index is 9.69. The molecule has 1 aliphatic rings. The van der Waals surface area contributed by atoms with E-state index < -0.39 is 24.6 Å². The van der Waals surface area contributed by atoms with Gasteiger partial charge in [-0.05, 0) is 12.1 Å². The zero-order valence-corrected chi connectivity index (χ0v) is 10.6. The highest BCUT2D eigenvalue weighted by molar-refractivity contribution is 5.84. The zero-order valence-electron chi connectivity index (χ0n) is 10.6. The van der Waals surface area contributed by atoms with Gasteiger partial charge in [0.1, 0.15) is 36.2 Å². The summed E-state index contributed by atoms with van der Waals surface area (Å²) in [5.74, 6) is 0.565. The number of aromatic nitrogens is 1. The molecule has 1 unspecified atom stereocenters. The molecular formula is C14H15NO5. The van der Waals surface area contributed by atoms with Crippen LogP contribution in [0.2, 0.25) is 0 Å². The van der Waals surface area contributed by atoms with Crippen molar-refractivity contribution >= 4 is 10.9 Å². The average molecular weight is 277 g/mol. The van der Waals surface area contributed by atoms with Crippen molar-refractivity contribution in [1.29, 1.82) is 0 Å². The second-order valence-electron chi connectivity index (χ2n) is 4.69. The molecule has 6 nitrogen and oxygen atoms in total. The minimum absolute atomic E-state index is 0.0188. The van der Waals surface area contributed by atoms with Crippen LogP contribution in [0.1, 0.15) is 0 Å². The Morgan fingerprint density at radius 1 is 1.10 bits per heavy atom. The molecule has 3 N–H and O–H groups in total. The second kappa shape index (κ2) is 5.34. The minimum atomic E-state index is -1.38. The number of ether oxygens (including phenoxy) is 2. The molecule has 0 spiro atoms. The van der Waals surface area contributed by atoms with Gasteiger partial charge in [0.25, 0.3) is 0 Å². The van der Waals surface area contributed by atoms with Crippen LogP contribution in [0.4, 0.5) is 0 Å². The number of rotatable bonds is 3. The Labute approximate surface area is 115 Å². The van der Waals surface area contributed by atoms with Gasteiger partial charge in [-0.1, -0.05) is 18.2 Å². The first-order valence-electron chi connectivity index (χ1n) is 6.33. The molecule has 6 heteroatoms. The van der Waals surface area contributed by atoms with E-state index >= 15 is 0 Å². The number of pyridine rings is 1. The summed E-state index contributed by atoms with van der Waals surface area (Å²) in [5, 5.41) is 29.4. The van der Waals surface area contributed by atoms with Crippen molar-refractivity contribution in [2.45, 2.75) is 24.6 Å². The molecule has 1 aromatic carbocycles. The molecule has 1 aliphatic heterocycles. The predicted octanol–water partition coefficient (Wildman–Crippen LogP) is 0.0526. The standard InChI is InChI=1S/C14H15NO5/c16-12-10(20-14(18)13(12)17)7-19-9-5-1-3-8-4-2-6-15-11(8)9/h1-6,10,12-14,16-18H,7H2/t10-,12+,13-,14?/m1/s1. The summed E-state index contributed by atoms with van der Waals surface area (Å²) in [6.45, 7) is 0.0188. The fourth-order valence-corrected chi connectivity index (χ4v) is 2.23. The van der Waals surface area contributed by atoms with Crippen molar-refractivity contribution in [3.63, 3.8) is 0 Å². The Balaban J connectivity index is 1.75. The summed E-state index contributed by atoms with van der Waals surface area (Å²) in [4.78, 5) is 4.25. The monoisotopic (exact) mass is 277 g/mol. The Hall–Kier alpha value is -1.73. The Morgan fingerprint density at radius 3 is 2.65 bits per heavy atom. The van der Waals surface area contributed by atoms with E-state index in [1.54, 1.807) is 12.3 Å². The first kappa shape index (κ1) is 13.3. The van der Waals surface area contributed by atoms with Gasteiger partial charge in [0.2, 0.25) is 0 Å². The third-order valence-corrected chi connectivity index (χ3v) is 3.34. The Kier molecular flexibility index (Phi) is 3.54. The quantitative estimate of drug-likeness (QED) is 0.734. The van der Waals surface area contributed by atoms with Gasteiger partial charge in [0, 0.05) is 11.6 Å². The van der Waals surface area contributed by atoms with Crippen LogP contribution in [-0.4, -0.2) is 51.5 Å². The third-order valence-electron chi connectivity index (χ3n) is 3.34. The van der Waals surface area contributed by atoms with Gasteiger partial charge >= 0.3 is 0 Å². The van der Waals surface area contributed by atoms with E-state index in [-0.39, 0.29) is 6.61 Å². The maximum atomic E-state index is 9.69. The summed E-state index contributed by atoms with van der Waals surface area (Å²) in [6.07, 6.45) is -2.98. The Bertz CT molecular complexity index is 600. The number of hydrogen-bond donors (Lipinski definition) is 3. The second-order valence-corrected chi connectivity index (χ2v) is 4.69. The van der Waals surface area contributed by atoms with Crippen LogP contribution < -0.4 is 4.74 Å². The number of aliphatic hydroxyl groups is 3. The van der Waals surface area contributed by atoms with Gasteiger partial charge in [-0.15, -0.1) is 0 Å². The average Bonchev–Trinajstić information content (AvgIpc) is 2.72. The molecular weight excluding hydrogens is 262 g/mol. The van der Waals surface area contributed by atoms with Gasteiger partial charge in [-0.3, -0.25) is 4.98 Å². The molecule has 4 atom stereocenters. The number of nitrogens with zero attached hydrogens (tertiary/aromatic N) is 1. The number of aliphatic hydroxyl groups excluding tert-OH is 3. The molecule has 0 amide bonds. The van der Waals surface area contributed by atoms with Crippen molar-refractivity contribution in [3.8, 4) is 5.75 Å². The molecule has 0 radical (unpaired) electrons. The molecule has 1 aromatic heterocycles. The van der Waals surface area contributed by atoms with Crippen LogP contribution in [0.3, 0.4) is 0 Å². The SMILES string of the molecule is OC1O[C@H](COc2cccc3cccnc23)[C@H](O)[C@H]1O. The normalized spacial score (nSPS) is 29.8. The molecule has 1 saturated heterocycles. The smallest absolute Gasteiger partial charge is 0.184 e. The minimum Gasteiger partial charge on any atom is -0.488 e. The van der Waals surface area contributed by atoms with Crippen LogP contribution in [0.5, 0.6) is 5.75 Å². The van der Waals surface area contributed by atoms with Gasteiger partial charge in [-0.2, -0.15) is 0 Å². The number of fused-ring (bicyclic) bond motifs is 1. The molecule has 0 bridgehead atoms. The van der Waals surface area contributed by atoms with Crippen LogP contribution in [0, 0.1) is 0 Å². The molecule has 2 aromatic rings. The van der Waals surface area contributed by atoms with E-state index in [0.717, 1.165) is 5.39 Å². The number of hydrogen-bond acceptors (Lipinski definition) is 6. The molecule has 20 heavy (non-hydrogen) atoms. The summed E-state index contributed by atoms with van der Waals surface area (Å²) in [5.41, 5.74) is 0.712. The van der Waals surface area contributed by atoms with Crippen LogP contribution in [0.15, 0.2) is 36.5 Å². The summed E-state index contributed by atoms with van der Waals surface area (Å²) in [6, 6.07) is 9.29. The van der Waals surface area contributed by atoms with E-state index in [0.29, 0.717) is 11.3 Å². The maximum Gasteiger partial charge on any atom is 0.184 e. The summed E-state index contributed by atoms with van der Waals surface area (Å²) >= 11 is 0. The first-order chi connectivity index (χ1) is 9.66. The molecule has 3 rings (SSSR count). The van der Waals surface area contributed by atoms with E-state index in [1.165, 1.54) is 0 Å². The topological polar surface area (TPSA) is 92.0 Å². The fraction of sp³-hybridized carbons (Fsp3) is 0.357. The van der Waals surface area contributed by atoms with Crippen molar-refractivity contribution in [2.75, 3.05) is 6.61 Å². The molecule has 0 aliphatic carbocycles. The first-order valence-corrected chi connectivity index (χ1v) is 6.33. The highest BCUT2D eigenvalue weighted by Crippen LogP contribution is 2.25. The highest BCUT2D eigenvalue weighted by atomic mass is 16.7. The highest BCUT2D eigenvalue weighted by Gasteiger charge is 2.42. The van der Waals surface area contributed by atoms with E-state index in [2.05, 4.69) is 4.98 Å². The Morgan fingerprint density at radius 2 is 1.90 bits per heavy atom. The molecule has 2 heterocycles. The van der Waals surface area contributed by atoms with Gasteiger partial charge in [0.15, 0.2) is 6.29 Å². The van der Waals surface area contributed by atoms with Crippen molar-refractivity contribution in [2.24, 2.45) is 0 Å². The van der Waals surface area contributed by atoms with E-state index in [4.69, 9.17) is 9.47 Å². The third kappa shape index (κ3) is 2.34. The summed E-state index contributed by atoms with van der Waals surface area (Å²) < 4.78 is 10.6. The lowest BCUT2D eigenvalue weighted by molar-refractivity contribution is -0.131. The van der Waals surface area contributed by atoms with Crippen molar-refractivity contribution in [1.82, 2.24) is 4.98 Å². The van der Waals surface area contributed by atoms with E-state index in [9.17, 15) is 15.3 Å². The lowest BCUT2D eigenvalue weighted by atomic mass is 10.1. The van der Waals surface area contributed by atoms with Crippen molar-refractivity contribution in [3.05, 3.63) is 36.5 Å². The van der Waals surface area contributed by atoms with Crippen LogP contribution in [-0.2, 0) is 4.74 Å². The van der Waals surface area contributed by atoms with Crippen LogP contribution in [0.25, 0.3) is 10.9 Å². The summed E-state index contributed by atoms with van der Waals surface area (Å²) in [7, 11) is 0. The predicted molar refractivity (Wildman–Crippen MR) is 70.1 cm³/mol. The fourth-order valence-electron chi connectivity index (χ4n) is 2.23.